The predicted octanol–water partition coefficient (Wildman–Crippen LogP) is 3.53. The molecule has 0 spiro atoms. The Morgan fingerprint density at radius 2 is 2.11 bits per heavy atom. The SMILES string of the molecule is CCNC(c1ccc(C)s1)c1cc(CC)nn1CC. The van der Waals surface area contributed by atoms with E-state index in [0.29, 0.717) is 0 Å². The van der Waals surface area contributed by atoms with E-state index in [1.165, 1.54) is 21.1 Å². The second kappa shape index (κ2) is 6.35. The number of nitrogens with zero attached hydrogens (tertiary/aromatic N) is 2. The predicted molar refractivity (Wildman–Crippen MR) is 81.9 cm³/mol. The highest BCUT2D eigenvalue weighted by molar-refractivity contribution is 7.12. The van der Waals surface area contributed by atoms with Crippen LogP contribution in [-0.4, -0.2) is 16.3 Å². The molecule has 104 valence electrons. The Labute approximate surface area is 119 Å². The van der Waals surface area contributed by atoms with Crippen LogP contribution in [0.4, 0.5) is 0 Å². The molecule has 0 aliphatic rings. The normalized spacial score (nSPS) is 12.8. The van der Waals surface area contributed by atoms with Crippen molar-refractivity contribution in [3.63, 3.8) is 0 Å². The van der Waals surface area contributed by atoms with E-state index in [4.69, 9.17) is 0 Å². The van der Waals surface area contributed by atoms with Gasteiger partial charge >= 0.3 is 0 Å². The number of hydrogen-bond donors (Lipinski definition) is 1. The van der Waals surface area contributed by atoms with Crippen molar-refractivity contribution in [2.24, 2.45) is 0 Å². The Morgan fingerprint density at radius 3 is 2.63 bits per heavy atom. The molecule has 0 aromatic carbocycles. The second-order valence-corrected chi connectivity index (χ2v) is 5.99. The lowest BCUT2D eigenvalue weighted by Crippen LogP contribution is -2.24. The summed E-state index contributed by atoms with van der Waals surface area (Å²) in [7, 11) is 0. The van der Waals surface area contributed by atoms with Crippen molar-refractivity contribution >= 4 is 11.3 Å². The summed E-state index contributed by atoms with van der Waals surface area (Å²) in [4.78, 5) is 2.73. The first-order valence-electron chi connectivity index (χ1n) is 7.05. The molecule has 2 aromatic heterocycles. The van der Waals surface area contributed by atoms with Crippen molar-refractivity contribution in [2.75, 3.05) is 6.54 Å². The van der Waals surface area contributed by atoms with E-state index >= 15 is 0 Å². The molecule has 1 unspecified atom stereocenters. The number of hydrogen-bond acceptors (Lipinski definition) is 3. The summed E-state index contributed by atoms with van der Waals surface area (Å²) < 4.78 is 2.13. The van der Waals surface area contributed by atoms with Crippen molar-refractivity contribution < 1.29 is 0 Å². The molecular formula is C15H23N3S. The van der Waals surface area contributed by atoms with Gasteiger partial charge in [0.05, 0.1) is 17.4 Å². The largest absolute Gasteiger partial charge is 0.305 e. The molecule has 0 fully saturated rings. The van der Waals surface area contributed by atoms with Gasteiger partial charge in [0.1, 0.15) is 0 Å². The summed E-state index contributed by atoms with van der Waals surface area (Å²) in [6, 6.07) is 6.92. The first-order valence-corrected chi connectivity index (χ1v) is 7.87. The van der Waals surface area contributed by atoms with Crippen LogP contribution in [0.25, 0.3) is 0 Å². The highest BCUT2D eigenvalue weighted by atomic mass is 32.1. The number of thiophene rings is 1. The maximum atomic E-state index is 4.66. The first kappa shape index (κ1) is 14.3. The number of rotatable bonds is 6. The Bertz CT molecular complexity index is 527. The molecule has 1 N–H and O–H groups in total. The Balaban J connectivity index is 2.40. The van der Waals surface area contributed by atoms with Gasteiger partial charge in [0.15, 0.2) is 0 Å². The van der Waals surface area contributed by atoms with E-state index in [9.17, 15) is 0 Å². The van der Waals surface area contributed by atoms with Gasteiger partial charge < -0.3 is 5.32 Å². The van der Waals surface area contributed by atoms with Crippen molar-refractivity contribution in [1.29, 1.82) is 0 Å². The van der Waals surface area contributed by atoms with Crippen molar-refractivity contribution in [2.45, 2.75) is 46.7 Å². The lowest BCUT2D eigenvalue weighted by atomic mass is 10.1. The Hall–Kier alpha value is -1.13. The third kappa shape index (κ3) is 3.07. The van der Waals surface area contributed by atoms with E-state index in [1.54, 1.807) is 0 Å². The molecule has 0 aliphatic heterocycles. The van der Waals surface area contributed by atoms with Gasteiger partial charge in [-0.1, -0.05) is 13.8 Å². The van der Waals surface area contributed by atoms with Crippen LogP contribution in [0.1, 0.15) is 48.0 Å². The average molecular weight is 277 g/mol. The van der Waals surface area contributed by atoms with E-state index in [-0.39, 0.29) is 6.04 Å². The summed E-state index contributed by atoms with van der Waals surface area (Å²) in [6.45, 7) is 10.5. The molecule has 2 aromatic rings. The Kier molecular flexibility index (Phi) is 4.77. The van der Waals surface area contributed by atoms with Gasteiger partial charge in [-0.3, -0.25) is 4.68 Å². The van der Waals surface area contributed by atoms with Gasteiger partial charge in [0.2, 0.25) is 0 Å². The van der Waals surface area contributed by atoms with Crippen LogP contribution in [0.5, 0.6) is 0 Å². The summed E-state index contributed by atoms with van der Waals surface area (Å²) in [5, 5.41) is 8.25. The molecule has 0 saturated carbocycles. The highest BCUT2D eigenvalue weighted by Gasteiger charge is 2.19. The van der Waals surface area contributed by atoms with Crippen molar-refractivity contribution in [3.8, 4) is 0 Å². The van der Waals surface area contributed by atoms with Crippen molar-refractivity contribution in [3.05, 3.63) is 39.3 Å². The molecule has 0 saturated heterocycles. The molecule has 2 rings (SSSR count). The second-order valence-electron chi connectivity index (χ2n) is 4.67. The Morgan fingerprint density at radius 1 is 1.32 bits per heavy atom. The summed E-state index contributed by atoms with van der Waals surface area (Å²) in [5.41, 5.74) is 2.45. The molecule has 19 heavy (non-hydrogen) atoms. The zero-order valence-corrected chi connectivity index (χ0v) is 13.0. The molecule has 0 bridgehead atoms. The van der Waals surface area contributed by atoms with Gasteiger partial charge in [-0.15, -0.1) is 11.3 Å². The summed E-state index contributed by atoms with van der Waals surface area (Å²) in [6.07, 6.45) is 0.988. The third-order valence-corrected chi connectivity index (χ3v) is 4.34. The fourth-order valence-corrected chi connectivity index (χ4v) is 3.27. The van der Waals surface area contributed by atoms with Gasteiger partial charge in [-0.25, -0.2) is 0 Å². The van der Waals surface area contributed by atoms with E-state index in [0.717, 1.165) is 19.5 Å². The number of aryl methyl sites for hydroxylation is 3. The maximum Gasteiger partial charge on any atom is 0.0841 e. The maximum absolute atomic E-state index is 4.66. The quantitative estimate of drug-likeness (QED) is 0.875. The monoisotopic (exact) mass is 277 g/mol. The van der Waals surface area contributed by atoms with Crippen LogP contribution < -0.4 is 5.32 Å². The standard InChI is InChI=1S/C15H23N3S/c1-5-12-10-13(18(7-3)17-12)15(16-6-2)14-9-8-11(4)19-14/h8-10,15-16H,5-7H2,1-4H3. The van der Waals surface area contributed by atoms with Crippen LogP contribution in [0.3, 0.4) is 0 Å². The zero-order chi connectivity index (χ0) is 13.8. The molecule has 0 amide bonds. The minimum Gasteiger partial charge on any atom is -0.305 e. The molecule has 4 heteroatoms. The summed E-state index contributed by atoms with van der Waals surface area (Å²) >= 11 is 1.86. The van der Waals surface area contributed by atoms with Gasteiger partial charge in [0, 0.05) is 16.3 Å². The third-order valence-electron chi connectivity index (χ3n) is 3.27. The van der Waals surface area contributed by atoms with Crippen molar-refractivity contribution in [1.82, 2.24) is 15.1 Å². The number of aromatic nitrogens is 2. The molecular weight excluding hydrogens is 254 g/mol. The molecule has 2 heterocycles. The lowest BCUT2D eigenvalue weighted by molar-refractivity contribution is 0.545. The van der Waals surface area contributed by atoms with E-state index in [2.05, 4.69) is 61.0 Å². The lowest BCUT2D eigenvalue weighted by Gasteiger charge is -2.17. The fraction of sp³-hybridized carbons (Fsp3) is 0.533. The number of nitrogens with one attached hydrogen (secondary N) is 1. The minimum absolute atomic E-state index is 0.261. The highest BCUT2D eigenvalue weighted by Crippen LogP contribution is 2.29. The minimum atomic E-state index is 0.261. The smallest absolute Gasteiger partial charge is 0.0841 e. The molecule has 0 radical (unpaired) electrons. The van der Waals surface area contributed by atoms with Gasteiger partial charge in [-0.2, -0.15) is 5.10 Å². The fourth-order valence-electron chi connectivity index (χ4n) is 2.31. The zero-order valence-electron chi connectivity index (χ0n) is 12.2. The summed E-state index contributed by atoms with van der Waals surface area (Å²) in [5.74, 6) is 0. The first-order chi connectivity index (χ1) is 9.19. The molecule has 0 aliphatic carbocycles. The van der Waals surface area contributed by atoms with Crippen LogP contribution in [-0.2, 0) is 13.0 Å². The van der Waals surface area contributed by atoms with Crippen LogP contribution in [0.15, 0.2) is 18.2 Å². The van der Waals surface area contributed by atoms with Gasteiger partial charge in [0.25, 0.3) is 0 Å². The molecule has 1 atom stereocenters. The average Bonchev–Trinajstić information content (AvgIpc) is 3.02. The van der Waals surface area contributed by atoms with Crippen LogP contribution in [0, 0.1) is 6.92 Å². The van der Waals surface area contributed by atoms with Gasteiger partial charge in [-0.05, 0) is 45.0 Å². The topological polar surface area (TPSA) is 29.9 Å². The van der Waals surface area contributed by atoms with E-state index < -0.39 is 0 Å². The van der Waals surface area contributed by atoms with E-state index in [1.807, 2.05) is 11.3 Å². The molecule has 3 nitrogen and oxygen atoms in total. The van der Waals surface area contributed by atoms with Crippen LogP contribution in [0.2, 0.25) is 0 Å². The van der Waals surface area contributed by atoms with Crippen LogP contribution >= 0.6 is 11.3 Å².